The van der Waals surface area contributed by atoms with E-state index in [1.165, 1.54) is 9.21 Å². The van der Waals surface area contributed by atoms with E-state index >= 15 is 0 Å². The molecular formula is C25H34ClN3O4S. The van der Waals surface area contributed by atoms with Gasteiger partial charge in [0.05, 0.1) is 11.9 Å². The minimum atomic E-state index is -3.53. The highest BCUT2D eigenvalue weighted by Crippen LogP contribution is 2.22. The molecule has 0 saturated carbocycles. The van der Waals surface area contributed by atoms with Crippen molar-refractivity contribution in [3.63, 3.8) is 0 Å². The predicted octanol–water partition coefficient (Wildman–Crippen LogP) is 4.06. The van der Waals surface area contributed by atoms with Crippen molar-refractivity contribution in [2.75, 3.05) is 23.7 Å². The van der Waals surface area contributed by atoms with Crippen LogP contribution in [0.3, 0.4) is 0 Å². The predicted molar refractivity (Wildman–Crippen MR) is 137 cm³/mol. The van der Waals surface area contributed by atoms with Crippen molar-refractivity contribution in [1.82, 2.24) is 10.2 Å². The Bertz CT molecular complexity index is 1120. The zero-order valence-corrected chi connectivity index (χ0v) is 22.0. The Labute approximate surface area is 208 Å². The first-order valence-corrected chi connectivity index (χ1v) is 13.5. The molecule has 0 aromatic heterocycles. The molecule has 0 aliphatic rings. The second-order valence-electron chi connectivity index (χ2n) is 8.43. The third kappa shape index (κ3) is 7.74. The number of hydrogen-bond acceptors (Lipinski definition) is 4. The van der Waals surface area contributed by atoms with Crippen molar-refractivity contribution < 1.29 is 18.0 Å². The molecule has 0 bridgehead atoms. The van der Waals surface area contributed by atoms with Gasteiger partial charge in [-0.2, -0.15) is 0 Å². The van der Waals surface area contributed by atoms with Crippen molar-refractivity contribution in [2.24, 2.45) is 0 Å². The molecule has 2 rings (SSSR count). The number of hydrogen-bond donors (Lipinski definition) is 1. The van der Waals surface area contributed by atoms with Crippen molar-refractivity contribution in [2.45, 2.75) is 53.1 Å². The van der Waals surface area contributed by atoms with Gasteiger partial charge in [0.25, 0.3) is 0 Å². The second kappa shape index (κ2) is 12.2. The number of aryl methyl sites for hydroxylation is 2. The van der Waals surface area contributed by atoms with Gasteiger partial charge in [-0.3, -0.25) is 13.9 Å². The number of halogens is 1. The average Bonchev–Trinajstić information content (AvgIpc) is 2.76. The van der Waals surface area contributed by atoms with Gasteiger partial charge in [-0.25, -0.2) is 8.42 Å². The molecule has 0 unspecified atom stereocenters. The van der Waals surface area contributed by atoms with E-state index in [9.17, 15) is 18.0 Å². The summed E-state index contributed by atoms with van der Waals surface area (Å²) in [5.74, 6) is -0.474. The lowest BCUT2D eigenvalue weighted by Gasteiger charge is -2.29. The summed E-state index contributed by atoms with van der Waals surface area (Å²) in [7, 11) is -3.53. The Kier molecular flexibility index (Phi) is 9.94. The maximum absolute atomic E-state index is 13.2. The Morgan fingerprint density at radius 3 is 2.38 bits per heavy atom. The molecule has 0 heterocycles. The van der Waals surface area contributed by atoms with E-state index in [0.29, 0.717) is 23.7 Å². The number of amides is 2. The van der Waals surface area contributed by atoms with Crippen LogP contribution >= 0.6 is 11.6 Å². The van der Waals surface area contributed by atoms with E-state index in [0.717, 1.165) is 22.9 Å². The Hall–Kier alpha value is -2.58. The fourth-order valence-corrected chi connectivity index (χ4v) is 4.79. The van der Waals surface area contributed by atoms with E-state index in [4.69, 9.17) is 11.6 Å². The SMILES string of the molecule is CCNC(=O)[C@H](C)N(Cc1cccc(Cl)c1)C(=O)CCCN(c1ccc(C)c(C)c1)S(C)(=O)=O. The van der Waals surface area contributed by atoms with Crippen LogP contribution in [0.4, 0.5) is 5.69 Å². The normalized spacial score (nSPS) is 12.2. The molecule has 9 heteroatoms. The quantitative estimate of drug-likeness (QED) is 0.497. The third-order valence-electron chi connectivity index (χ3n) is 5.69. The fourth-order valence-electron chi connectivity index (χ4n) is 3.62. The highest BCUT2D eigenvalue weighted by Gasteiger charge is 2.26. The number of sulfonamides is 1. The molecule has 0 saturated heterocycles. The lowest BCUT2D eigenvalue weighted by molar-refractivity contribution is -0.140. The maximum Gasteiger partial charge on any atom is 0.242 e. The van der Waals surface area contributed by atoms with Crippen molar-refractivity contribution in [3.8, 4) is 0 Å². The lowest BCUT2D eigenvalue weighted by atomic mass is 10.1. The van der Waals surface area contributed by atoms with E-state index in [2.05, 4.69) is 5.32 Å². The van der Waals surface area contributed by atoms with Gasteiger partial charge in [-0.15, -0.1) is 0 Å². The molecule has 1 atom stereocenters. The number of nitrogens with zero attached hydrogens (tertiary/aromatic N) is 2. The topological polar surface area (TPSA) is 86.8 Å². The summed E-state index contributed by atoms with van der Waals surface area (Å²) in [5.41, 5.74) is 3.45. The summed E-state index contributed by atoms with van der Waals surface area (Å²) in [4.78, 5) is 27.2. The van der Waals surface area contributed by atoms with Crippen LogP contribution in [0.25, 0.3) is 0 Å². The van der Waals surface area contributed by atoms with Crippen LogP contribution in [0.5, 0.6) is 0 Å². The number of anilines is 1. The van der Waals surface area contributed by atoms with Gasteiger partial charge in [0.1, 0.15) is 6.04 Å². The number of carbonyl (C=O) groups excluding carboxylic acids is 2. The van der Waals surface area contributed by atoms with Crippen LogP contribution in [-0.4, -0.2) is 50.5 Å². The summed E-state index contributed by atoms with van der Waals surface area (Å²) in [5, 5.41) is 3.31. The summed E-state index contributed by atoms with van der Waals surface area (Å²) in [6, 6.07) is 12.0. The molecule has 2 amide bonds. The Morgan fingerprint density at radius 1 is 1.09 bits per heavy atom. The van der Waals surface area contributed by atoms with Crippen LogP contribution in [0.2, 0.25) is 5.02 Å². The fraction of sp³-hybridized carbons (Fsp3) is 0.440. The summed E-state index contributed by atoms with van der Waals surface area (Å²) < 4.78 is 26.2. The van der Waals surface area contributed by atoms with Crippen LogP contribution in [0.1, 0.15) is 43.4 Å². The van der Waals surface area contributed by atoms with E-state index in [1.807, 2.05) is 39.0 Å². The highest BCUT2D eigenvalue weighted by atomic mass is 35.5. The number of rotatable bonds is 11. The molecule has 7 nitrogen and oxygen atoms in total. The first-order valence-electron chi connectivity index (χ1n) is 11.3. The van der Waals surface area contributed by atoms with Crippen LogP contribution in [0, 0.1) is 13.8 Å². The summed E-state index contributed by atoms with van der Waals surface area (Å²) >= 11 is 6.09. The smallest absolute Gasteiger partial charge is 0.242 e. The molecule has 0 aliphatic heterocycles. The number of likely N-dealkylation sites (N-methyl/N-ethyl adjacent to an activating group) is 1. The second-order valence-corrected chi connectivity index (χ2v) is 10.8. The van der Waals surface area contributed by atoms with Crippen molar-refractivity contribution in [1.29, 1.82) is 0 Å². The molecule has 0 aliphatic carbocycles. The number of benzene rings is 2. The molecule has 0 fully saturated rings. The first-order chi connectivity index (χ1) is 15.9. The van der Waals surface area contributed by atoms with Gasteiger partial charge >= 0.3 is 0 Å². The Morgan fingerprint density at radius 2 is 1.79 bits per heavy atom. The maximum atomic E-state index is 13.2. The average molecular weight is 508 g/mol. The molecule has 34 heavy (non-hydrogen) atoms. The molecular weight excluding hydrogens is 474 g/mol. The summed E-state index contributed by atoms with van der Waals surface area (Å²) in [6.45, 7) is 8.25. The van der Waals surface area contributed by atoms with Gasteiger partial charge in [0, 0.05) is 31.1 Å². The van der Waals surface area contributed by atoms with Crippen molar-refractivity contribution in [3.05, 3.63) is 64.2 Å². The van der Waals surface area contributed by atoms with Gasteiger partial charge in [0.15, 0.2) is 0 Å². The number of carbonyl (C=O) groups is 2. The van der Waals surface area contributed by atoms with Gasteiger partial charge in [0.2, 0.25) is 21.8 Å². The zero-order valence-electron chi connectivity index (χ0n) is 20.5. The first kappa shape index (κ1) is 27.7. The standard InChI is InChI=1S/C25H34ClN3O4S/c1-6-27-25(31)20(4)28(17-21-9-7-10-22(26)16-21)24(30)11-8-14-29(34(5,32)33)23-13-12-18(2)19(3)15-23/h7,9-10,12-13,15-16,20H,6,8,11,14,17H2,1-5H3,(H,27,31)/t20-/m0/s1. The van der Waals surface area contributed by atoms with Crippen LogP contribution in [-0.2, 0) is 26.2 Å². The van der Waals surface area contributed by atoms with Gasteiger partial charge in [-0.1, -0.05) is 29.8 Å². The van der Waals surface area contributed by atoms with Gasteiger partial charge < -0.3 is 10.2 Å². The zero-order chi connectivity index (χ0) is 25.5. The number of nitrogens with one attached hydrogen (secondary N) is 1. The molecule has 1 N–H and O–H groups in total. The van der Waals surface area contributed by atoms with E-state index < -0.39 is 16.1 Å². The van der Waals surface area contributed by atoms with Gasteiger partial charge in [-0.05, 0) is 75.1 Å². The van der Waals surface area contributed by atoms with Crippen molar-refractivity contribution >= 4 is 39.1 Å². The lowest BCUT2D eigenvalue weighted by Crippen LogP contribution is -2.47. The third-order valence-corrected chi connectivity index (χ3v) is 7.12. The minimum Gasteiger partial charge on any atom is -0.355 e. The van der Waals surface area contributed by atoms with Crippen LogP contribution in [0.15, 0.2) is 42.5 Å². The molecule has 0 spiro atoms. The monoisotopic (exact) mass is 507 g/mol. The van der Waals surface area contributed by atoms with Crippen LogP contribution < -0.4 is 9.62 Å². The molecule has 2 aromatic rings. The molecule has 0 radical (unpaired) electrons. The van der Waals surface area contributed by atoms with E-state index in [-0.39, 0.29) is 31.3 Å². The summed E-state index contributed by atoms with van der Waals surface area (Å²) in [6.07, 6.45) is 1.57. The largest absolute Gasteiger partial charge is 0.355 e. The Balaban J connectivity index is 2.17. The molecule has 186 valence electrons. The van der Waals surface area contributed by atoms with E-state index in [1.54, 1.807) is 31.2 Å². The molecule has 2 aromatic carbocycles. The highest BCUT2D eigenvalue weighted by molar-refractivity contribution is 7.92. The minimum absolute atomic E-state index is 0.0984.